The Balaban J connectivity index is 1.78. The third-order valence-electron chi connectivity index (χ3n) is 4.62. The van der Waals surface area contributed by atoms with E-state index in [1.165, 1.54) is 0 Å². The zero-order valence-electron chi connectivity index (χ0n) is 12.1. The Labute approximate surface area is 123 Å². The number of amides is 1. The van der Waals surface area contributed by atoms with Gasteiger partial charge in [-0.2, -0.15) is 0 Å². The first-order valence-corrected chi connectivity index (χ1v) is 7.22. The van der Waals surface area contributed by atoms with Crippen LogP contribution in [0, 0.1) is 25.7 Å². The molecule has 0 spiro atoms. The molecule has 3 rings (SSSR count). The minimum absolute atomic E-state index is 0.292. The van der Waals surface area contributed by atoms with Crippen LogP contribution in [0.5, 0.6) is 0 Å². The van der Waals surface area contributed by atoms with E-state index in [1.807, 2.05) is 32.0 Å². The van der Waals surface area contributed by atoms with E-state index in [-0.39, 0.29) is 18.1 Å². The molecule has 2 heterocycles. The second kappa shape index (κ2) is 5.15. The highest BCUT2D eigenvalue weighted by atomic mass is 16.5. The fraction of sp³-hybridized carbons (Fsp3) is 0.500. The summed E-state index contributed by atoms with van der Waals surface area (Å²) < 4.78 is 5.58. The number of nitrogens with one attached hydrogen (secondary N) is 1. The second-order valence-electron chi connectivity index (χ2n) is 5.95. The number of carboxylic acids is 1. The molecule has 21 heavy (non-hydrogen) atoms. The van der Waals surface area contributed by atoms with Crippen LogP contribution in [0.25, 0.3) is 0 Å². The number of aliphatic carboxylic acids is 1. The van der Waals surface area contributed by atoms with Gasteiger partial charge in [0.1, 0.15) is 0 Å². The molecule has 2 fully saturated rings. The molecule has 1 amide bonds. The molecule has 0 aliphatic carbocycles. The normalized spacial score (nSPS) is 30.4. The summed E-state index contributed by atoms with van der Waals surface area (Å²) in [6.45, 7) is 3.96. The summed E-state index contributed by atoms with van der Waals surface area (Å²) in [5.41, 5.74) is 2.90. The lowest BCUT2D eigenvalue weighted by atomic mass is 9.78. The van der Waals surface area contributed by atoms with E-state index >= 15 is 0 Å². The molecular weight excluding hydrogens is 270 g/mol. The average molecular weight is 288 g/mol. The number of fused-ring (bicyclic) bond motifs is 2. The number of ether oxygens (including phenoxy) is 1. The number of rotatable bonds is 3. The quantitative estimate of drug-likeness (QED) is 0.891. The van der Waals surface area contributed by atoms with E-state index in [0.29, 0.717) is 12.1 Å². The molecule has 0 saturated carbocycles. The van der Waals surface area contributed by atoms with Crippen molar-refractivity contribution in [3.63, 3.8) is 0 Å². The molecule has 1 aromatic rings. The number of benzene rings is 1. The summed E-state index contributed by atoms with van der Waals surface area (Å²) in [6, 6.07) is 5.64. The summed E-state index contributed by atoms with van der Waals surface area (Å²) in [7, 11) is 0. The van der Waals surface area contributed by atoms with Gasteiger partial charge in [-0.3, -0.25) is 4.79 Å². The number of hydrogen-bond acceptors (Lipinski definition) is 4. The fourth-order valence-electron chi connectivity index (χ4n) is 3.36. The Bertz CT molecular complexity index is 598. The number of carboxylic acid groups (broad SMARTS) is 1. The number of carbonyl (C=O) groups is 2. The first-order chi connectivity index (χ1) is 9.97. The molecule has 112 valence electrons. The van der Waals surface area contributed by atoms with Gasteiger partial charge in [-0.25, -0.2) is 0 Å². The van der Waals surface area contributed by atoms with Gasteiger partial charge >= 0.3 is 0 Å². The monoisotopic (exact) mass is 288 g/mol. The molecule has 2 aliphatic rings. The van der Waals surface area contributed by atoms with E-state index in [4.69, 9.17) is 4.74 Å². The van der Waals surface area contributed by atoms with Crippen molar-refractivity contribution in [1.82, 2.24) is 0 Å². The van der Waals surface area contributed by atoms with E-state index in [1.54, 1.807) is 0 Å². The van der Waals surface area contributed by atoms with Crippen LogP contribution < -0.4 is 10.4 Å². The third kappa shape index (κ3) is 2.42. The van der Waals surface area contributed by atoms with Gasteiger partial charge in [-0.1, -0.05) is 6.07 Å². The summed E-state index contributed by atoms with van der Waals surface area (Å²) in [4.78, 5) is 23.7. The maximum atomic E-state index is 12.4. The van der Waals surface area contributed by atoms with Gasteiger partial charge in [0.2, 0.25) is 5.91 Å². The molecule has 1 N–H and O–H groups in total. The van der Waals surface area contributed by atoms with E-state index in [0.717, 1.165) is 17.5 Å². The van der Waals surface area contributed by atoms with Gasteiger partial charge in [-0.05, 0) is 49.9 Å². The zero-order valence-corrected chi connectivity index (χ0v) is 12.1. The van der Waals surface area contributed by atoms with Crippen molar-refractivity contribution in [3.05, 3.63) is 29.3 Å². The van der Waals surface area contributed by atoms with Crippen LogP contribution in [0.15, 0.2) is 18.2 Å². The Hall–Kier alpha value is -1.88. The minimum atomic E-state index is -1.19. The van der Waals surface area contributed by atoms with Crippen molar-refractivity contribution in [2.24, 2.45) is 11.8 Å². The molecule has 1 aromatic carbocycles. The average Bonchev–Trinajstić information content (AvgIpc) is 3.03. The molecule has 5 heteroatoms. The van der Waals surface area contributed by atoms with Crippen molar-refractivity contribution in [3.8, 4) is 0 Å². The van der Waals surface area contributed by atoms with Gasteiger partial charge in [-0.15, -0.1) is 0 Å². The molecule has 0 radical (unpaired) electrons. The largest absolute Gasteiger partial charge is 0.550 e. The van der Waals surface area contributed by atoms with Crippen LogP contribution in [-0.4, -0.2) is 24.1 Å². The summed E-state index contributed by atoms with van der Waals surface area (Å²) >= 11 is 0. The SMILES string of the molecule is Cc1ccc(NC(=O)[C@@H]2[C@@H](C(=O)[O-])[C@H]3CC[C@@H]2O3)cc1C. The number of carbonyl (C=O) groups excluding carboxylic acids is 2. The van der Waals surface area contributed by atoms with Crippen LogP contribution in [0.3, 0.4) is 0 Å². The van der Waals surface area contributed by atoms with Gasteiger partial charge in [0.15, 0.2) is 0 Å². The lowest BCUT2D eigenvalue weighted by Gasteiger charge is -2.27. The standard InChI is InChI=1S/C16H19NO4/c1-8-3-4-10(7-9(8)2)17-15(18)13-11-5-6-12(21-11)14(13)16(19)20/h3-4,7,11-14H,5-6H2,1-2H3,(H,17,18)(H,19,20)/p-1/t11-,12+,13-,14-/m0/s1. The predicted molar refractivity (Wildman–Crippen MR) is 74.4 cm³/mol. The Morgan fingerprint density at radius 3 is 2.43 bits per heavy atom. The molecule has 0 aromatic heterocycles. The van der Waals surface area contributed by atoms with E-state index in [2.05, 4.69) is 5.32 Å². The lowest BCUT2D eigenvalue weighted by molar-refractivity contribution is -0.313. The van der Waals surface area contributed by atoms with E-state index < -0.39 is 17.8 Å². The summed E-state index contributed by atoms with van der Waals surface area (Å²) in [6.07, 6.45) is 0.746. The molecule has 2 saturated heterocycles. The molecule has 2 bridgehead atoms. The first-order valence-electron chi connectivity index (χ1n) is 7.22. The van der Waals surface area contributed by atoms with Gasteiger partial charge < -0.3 is 20.0 Å². The Kier molecular flexibility index (Phi) is 3.45. The van der Waals surface area contributed by atoms with Crippen LogP contribution in [0.1, 0.15) is 24.0 Å². The van der Waals surface area contributed by atoms with Crippen LogP contribution in [0.2, 0.25) is 0 Å². The number of hydrogen-bond donors (Lipinski definition) is 1. The van der Waals surface area contributed by atoms with Crippen molar-refractivity contribution in [2.45, 2.75) is 38.9 Å². The van der Waals surface area contributed by atoms with Crippen molar-refractivity contribution >= 4 is 17.6 Å². The molecule has 4 atom stereocenters. The van der Waals surface area contributed by atoms with Crippen molar-refractivity contribution in [2.75, 3.05) is 5.32 Å². The molecule has 0 unspecified atom stereocenters. The van der Waals surface area contributed by atoms with Crippen LogP contribution in [-0.2, 0) is 14.3 Å². The van der Waals surface area contributed by atoms with Gasteiger partial charge in [0.25, 0.3) is 0 Å². The zero-order chi connectivity index (χ0) is 15.1. The van der Waals surface area contributed by atoms with Crippen LogP contribution in [0.4, 0.5) is 5.69 Å². The van der Waals surface area contributed by atoms with Gasteiger partial charge in [0.05, 0.1) is 18.1 Å². The van der Waals surface area contributed by atoms with Crippen molar-refractivity contribution < 1.29 is 19.4 Å². The minimum Gasteiger partial charge on any atom is -0.550 e. The third-order valence-corrected chi connectivity index (χ3v) is 4.62. The maximum absolute atomic E-state index is 12.4. The fourth-order valence-corrected chi connectivity index (χ4v) is 3.36. The molecule has 5 nitrogen and oxygen atoms in total. The number of aryl methyl sites for hydroxylation is 2. The Morgan fingerprint density at radius 2 is 1.81 bits per heavy atom. The Morgan fingerprint density at radius 1 is 1.14 bits per heavy atom. The summed E-state index contributed by atoms with van der Waals surface area (Å²) in [5.74, 6) is -2.98. The van der Waals surface area contributed by atoms with Gasteiger partial charge in [0, 0.05) is 17.6 Å². The highest BCUT2D eigenvalue weighted by molar-refractivity contribution is 5.96. The highest BCUT2D eigenvalue weighted by Crippen LogP contribution is 2.43. The smallest absolute Gasteiger partial charge is 0.230 e. The first kappa shape index (κ1) is 14.1. The van der Waals surface area contributed by atoms with E-state index in [9.17, 15) is 14.7 Å². The summed E-state index contributed by atoms with van der Waals surface area (Å²) in [5, 5.41) is 14.1. The number of anilines is 1. The second-order valence-corrected chi connectivity index (χ2v) is 5.95. The van der Waals surface area contributed by atoms with Crippen LogP contribution >= 0.6 is 0 Å². The predicted octanol–water partition coefficient (Wildman–Crippen LogP) is 0.785. The highest BCUT2D eigenvalue weighted by Gasteiger charge is 2.52. The maximum Gasteiger partial charge on any atom is 0.230 e. The molecule has 2 aliphatic heterocycles. The van der Waals surface area contributed by atoms with Crippen molar-refractivity contribution in [1.29, 1.82) is 0 Å². The topological polar surface area (TPSA) is 78.5 Å². The molecular formula is C16H18NO4-. The lowest BCUT2D eigenvalue weighted by Crippen LogP contribution is -2.46.